The quantitative estimate of drug-likeness (QED) is 0.251. The van der Waals surface area contributed by atoms with Gasteiger partial charge in [0.1, 0.15) is 6.54 Å². The van der Waals surface area contributed by atoms with E-state index in [-0.39, 0.29) is 18.0 Å². The molecule has 1 aliphatic rings. The van der Waals surface area contributed by atoms with Crippen LogP contribution in [0.25, 0.3) is 11.3 Å². The van der Waals surface area contributed by atoms with Crippen molar-refractivity contribution in [2.45, 2.75) is 19.0 Å². The van der Waals surface area contributed by atoms with Crippen molar-refractivity contribution in [2.75, 3.05) is 14.2 Å². The zero-order valence-corrected chi connectivity index (χ0v) is 24.3. The number of rotatable bonds is 7. The zero-order chi connectivity index (χ0) is 27.5. The van der Waals surface area contributed by atoms with E-state index in [0.717, 1.165) is 31.3 Å². The Balaban J connectivity index is 1.49. The number of hydrazone groups is 1. The molecule has 8 nitrogen and oxygen atoms in total. The number of carbonyl (C=O) groups excluding carboxylic acids is 1. The maximum Gasteiger partial charge on any atom is 0.267 e. The predicted molar refractivity (Wildman–Crippen MR) is 156 cm³/mol. The van der Waals surface area contributed by atoms with Gasteiger partial charge < -0.3 is 9.47 Å². The number of hydrogen-bond donors (Lipinski definition) is 0. The fourth-order valence-corrected chi connectivity index (χ4v) is 4.94. The van der Waals surface area contributed by atoms with E-state index in [1.165, 1.54) is 15.8 Å². The highest BCUT2D eigenvalue weighted by Gasteiger charge is 2.34. The summed E-state index contributed by atoms with van der Waals surface area (Å²) in [6.45, 7) is -0.260. The standard InChI is InChI=1S/C29H24Br2N4O4/c1-38-26-13-7-20(15-27(26)39-2)25-16-24(19-5-10-22(31)11-6-19)33-35(25)29(37)17-34-28(36)14-12-23(32-34)18-3-8-21(30)9-4-18/h3-15,25H,16-17H2,1-2H3. The second-order valence-corrected chi connectivity index (χ2v) is 10.7. The highest BCUT2D eigenvalue weighted by molar-refractivity contribution is 9.10. The SMILES string of the molecule is COc1ccc(C2CC(c3ccc(Br)cc3)=NN2C(=O)Cn2nc(-c3ccc(Br)cc3)ccc2=O)cc1OC. The second-order valence-electron chi connectivity index (χ2n) is 8.85. The van der Waals surface area contributed by atoms with Gasteiger partial charge in [0.05, 0.1) is 31.7 Å². The smallest absolute Gasteiger partial charge is 0.267 e. The monoisotopic (exact) mass is 650 g/mol. The van der Waals surface area contributed by atoms with Gasteiger partial charge in [0, 0.05) is 27.0 Å². The van der Waals surface area contributed by atoms with Crippen molar-refractivity contribution >= 4 is 43.5 Å². The Bertz CT molecular complexity index is 1600. The summed E-state index contributed by atoms with van der Waals surface area (Å²) in [5.74, 6) is 0.788. The van der Waals surface area contributed by atoms with Crippen molar-refractivity contribution in [3.05, 3.63) is 109 Å². The number of hydrogen-bond acceptors (Lipinski definition) is 6. The summed E-state index contributed by atoms with van der Waals surface area (Å²) < 4.78 is 14.0. The van der Waals surface area contributed by atoms with E-state index in [9.17, 15) is 9.59 Å². The summed E-state index contributed by atoms with van der Waals surface area (Å²) in [4.78, 5) is 26.4. The van der Waals surface area contributed by atoms with Gasteiger partial charge in [-0.3, -0.25) is 9.59 Å². The lowest BCUT2D eigenvalue weighted by molar-refractivity contribution is -0.133. The second kappa shape index (κ2) is 11.5. The van der Waals surface area contributed by atoms with Crippen molar-refractivity contribution in [3.8, 4) is 22.8 Å². The van der Waals surface area contributed by atoms with Crippen LogP contribution in [-0.2, 0) is 11.3 Å². The third kappa shape index (κ3) is 5.81. The zero-order valence-electron chi connectivity index (χ0n) is 21.2. The molecule has 198 valence electrons. The summed E-state index contributed by atoms with van der Waals surface area (Å²) in [6.07, 6.45) is 0.490. The Hall–Kier alpha value is -3.76. The van der Waals surface area contributed by atoms with Gasteiger partial charge >= 0.3 is 0 Å². The molecule has 1 aliphatic heterocycles. The van der Waals surface area contributed by atoms with Crippen LogP contribution >= 0.6 is 31.9 Å². The van der Waals surface area contributed by atoms with Gasteiger partial charge in [-0.25, -0.2) is 9.69 Å². The van der Waals surface area contributed by atoms with Crippen LogP contribution < -0.4 is 15.0 Å². The summed E-state index contributed by atoms with van der Waals surface area (Å²) >= 11 is 6.89. The maximum atomic E-state index is 13.7. The lowest BCUT2D eigenvalue weighted by Gasteiger charge is -2.23. The summed E-state index contributed by atoms with van der Waals surface area (Å²) in [6, 6.07) is 23.6. The molecule has 0 saturated carbocycles. The van der Waals surface area contributed by atoms with Gasteiger partial charge in [0.2, 0.25) is 0 Å². The van der Waals surface area contributed by atoms with Gasteiger partial charge in [0.25, 0.3) is 11.5 Å². The van der Waals surface area contributed by atoms with Crippen LogP contribution in [0, 0.1) is 0 Å². The lowest BCUT2D eigenvalue weighted by atomic mass is 9.98. The van der Waals surface area contributed by atoms with E-state index in [2.05, 4.69) is 37.0 Å². The molecule has 39 heavy (non-hydrogen) atoms. The van der Waals surface area contributed by atoms with E-state index in [1.807, 2.05) is 66.7 Å². The number of nitrogens with zero attached hydrogens (tertiary/aromatic N) is 4. The van der Waals surface area contributed by atoms with Crippen molar-refractivity contribution in [3.63, 3.8) is 0 Å². The molecule has 2 heterocycles. The van der Waals surface area contributed by atoms with E-state index >= 15 is 0 Å². The van der Waals surface area contributed by atoms with E-state index in [1.54, 1.807) is 20.3 Å². The Morgan fingerprint density at radius 3 is 2.15 bits per heavy atom. The molecular formula is C29H24Br2N4O4. The number of aromatic nitrogens is 2. The van der Waals surface area contributed by atoms with Gasteiger partial charge in [-0.15, -0.1) is 0 Å². The first-order valence-corrected chi connectivity index (χ1v) is 13.7. The van der Waals surface area contributed by atoms with Crippen LogP contribution in [0.1, 0.15) is 23.6 Å². The molecule has 10 heteroatoms. The Morgan fingerprint density at radius 1 is 0.872 bits per heavy atom. The molecule has 1 aromatic heterocycles. The highest BCUT2D eigenvalue weighted by atomic mass is 79.9. The molecule has 0 radical (unpaired) electrons. The highest BCUT2D eigenvalue weighted by Crippen LogP contribution is 2.37. The fourth-order valence-electron chi connectivity index (χ4n) is 4.41. The van der Waals surface area contributed by atoms with E-state index in [0.29, 0.717) is 23.6 Å². The first-order valence-electron chi connectivity index (χ1n) is 12.1. The summed E-state index contributed by atoms with van der Waals surface area (Å²) in [5, 5.41) is 10.6. The predicted octanol–water partition coefficient (Wildman–Crippen LogP) is 5.83. The number of ether oxygens (including phenoxy) is 2. The third-order valence-electron chi connectivity index (χ3n) is 6.43. The molecule has 0 N–H and O–H groups in total. The summed E-state index contributed by atoms with van der Waals surface area (Å²) in [5.41, 5.74) is 3.56. The Morgan fingerprint density at radius 2 is 1.51 bits per heavy atom. The van der Waals surface area contributed by atoms with Crippen molar-refractivity contribution in [2.24, 2.45) is 5.10 Å². The van der Waals surface area contributed by atoms with Crippen LogP contribution in [0.2, 0.25) is 0 Å². The molecule has 0 fully saturated rings. The lowest BCUT2D eigenvalue weighted by Crippen LogP contribution is -2.35. The van der Waals surface area contributed by atoms with Crippen LogP contribution in [0.5, 0.6) is 11.5 Å². The molecule has 0 saturated heterocycles. The van der Waals surface area contributed by atoms with Crippen LogP contribution in [-0.4, -0.2) is 40.6 Å². The molecule has 0 bridgehead atoms. The molecule has 1 atom stereocenters. The molecule has 0 spiro atoms. The minimum absolute atomic E-state index is 0.260. The minimum Gasteiger partial charge on any atom is -0.493 e. The van der Waals surface area contributed by atoms with Gasteiger partial charge in [-0.05, 0) is 53.6 Å². The average molecular weight is 652 g/mol. The molecule has 4 aromatic rings. The number of benzene rings is 3. The average Bonchev–Trinajstić information content (AvgIpc) is 3.40. The number of carbonyl (C=O) groups is 1. The number of methoxy groups -OCH3 is 2. The third-order valence-corrected chi connectivity index (χ3v) is 7.48. The van der Waals surface area contributed by atoms with E-state index in [4.69, 9.17) is 14.6 Å². The Kier molecular flexibility index (Phi) is 7.94. The first-order chi connectivity index (χ1) is 18.9. The molecule has 0 aliphatic carbocycles. The van der Waals surface area contributed by atoms with Crippen LogP contribution in [0.4, 0.5) is 0 Å². The van der Waals surface area contributed by atoms with Crippen molar-refractivity contribution in [1.82, 2.24) is 14.8 Å². The molecule has 1 unspecified atom stereocenters. The van der Waals surface area contributed by atoms with Gasteiger partial charge in [-0.1, -0.05) is 62.2 Å². The van der Waals surface area contributed by atoms with Gasteiger partial charge in [0.15, 0.2) is 11.5 Å². The first kappa shape index (κ1) is 26.8. The topological polar surface area (TPSA) is 86.0 Å². The Labute approximate surface area is 242 Å². The molecule has 5 rings (SSSR count). The maximum absolute atomic E-state index is 13.7. The largest absolute Gasteiger partial charge is 0.493 e. The van der Waals surface area contributed by atoms with Crippen LogP contribution in [0.15, 0.2) is 97.7 Å². The van der Waals surface area contributed by atoms with Crippen LogP contribution in [0.3, 0.4) is 0 Å². The number of halogens is 2. The molecular weight excluding hydrogens is 628 g/mol. The number of amides is 1. The van der Waals surface area contributed by atoms with Gasteiger partial charge in [-0.2, -0.15) is 10.2 Å². The van der Waals surface area contributed by atoms with E-state index < -0.39 is 6.04 Å². The minimum atomic E-state index is -0.402. The summed E-state index contributed by atoms with van der Waals surface area (Å²) in [7, 11) is 3.14. The molecule has 3 aromatic carbocycles. The normalized spacial score (nSPS) is 14.7. The fraction of sp³-hybridized carbons (Fsp3) is 0.172. The van der Waals surface area contributed by atoms with Crippen molar-refractivity contribution in [1.29, 1.82) is 0 Å². The molecule has 1 amide bonds. The van der Waals surface area contributed by atoms with Crippen molar-refractivity contribution < 1.29 is 14.3 Å².